The molecule has 2 aliphatic rings. The van der Waals surface area contributed by atoms with E-state index < -0.39 is 16.1 Å². The summed E-state index contributed by atoms with van der Waals surface area (Å²) >= 11 is 0. The van der Waals surface area contributed by atoms with Crippen LogP contribution in [0.1, 0.15) is 31.2 Å². The number of nitrogens with zero attached hydrogens (tertiary/aromatic N) is 2. The lowest BCUT2D eigenvalue weighted by atomic mass is 10.1. The van der Waals surface area contributed by atoms with Gasteiger partial charge < -0.3 is 10.2 Å². The zero-order chi connectivity index (χ0) is 19.4. The summed E-state index contributed by atoms with van der Waals surface area (Å²) < 4.78 is 24.9. The molecule has 0 aliphatic carbocycles. The third-order valence-electron chi connectivity index (χ3n) is 5.27. The quantitative estimate of drug-likeness (QED) is 0.800. The van der Waals surface area contributed by atoms with Gasteiger partial charge in [0.2, 0.25) is 21.8 Å². The van der Waals surface area contributed by atoms with E-state index in [1.54, 1.807) is 4.90 Å². The van der Waals surface area contributed by atoms with E-state index in [2.05, 4.69) is 5.32 Å². The molecule has 1 aromatic rings. The van der Waals surface area contributed by atoms with Gasteiger partial charge in [-0.1, -0.05) is 30.3 Å². The van der Waals surface area contributed by atoms with Crippen LogP contribution in [0.3, 0.4) is 0 Å². The van der Waals surface area contributed by atoms with E-state index in [1.807, 2.05) is 30.3 Å². The van der Waals surface area contributed by atoms with Crippen molar-refractivity contribution in [3.05, 3.63) is 35.9 Å². The number of carbonyl (C=O) groups excluding carboxylic acids is 2. The normalized spacial score (nSPS) is 24.0. The van der Waals surface area contributed by atoms with Gasteiger partial charge in [-0.25, -0.2) is 12.7 Å². The maximum atomic E-state index is 12.8. The molecule has 0 bridgehead atoms. The van der Waals surface area contributed by atoms with Crippen LogP contribution in [0.25, 0.3) is 0 Å². The molecule has 2 unspecified atom stereocenters. The van der Waals surface area contributed by atoms with Crippen LogP contribution in [-0.4, -0.2) is 67.4 Å². The maximum Gasteiger partial charge on any atom is 0.243 e. The standard InChI is InChI=1S/C19H27N3O4S/c1-27(25,26)21-11-5-9-16(14-21)20-19(24)17-10-6-12-22(17)18(23)13-15-7-3-2-4-8-15/h2-4,7-8,16-17H,5-6,9-14H2,1H3,(H,20,24). The van der Waals surface area contributed by atoms with Gasteiger partial charge in [-0.05, 0) is 31.2 Å². The van der Waals surface area contributed by atoms with Crippen LogP contribution in [0.4, 0.5) is 0 Å². The summed E-state index contributed by atoms with van der Waals surface area (Å²) in [5.74, 6) is -0.213. The molecule has 0 aromatic heterocycles. The number of sulfonamides is 1. The Morgan fingerprint density at radius 3 is 2.52 bits per heavy atom. The lowest BCUT2D eigenvalue weighted by molar-refractivity contribution is -0.138. The number of carbonyl (C=O) groups is 2. The molecule has 2 saturated heterocycles. The van der Waals surface area contributed by atoms with E-state index in [0.717, 1.165) is 24.8 Å². The topological polar surface area (TPSA) is 86.8 Å². The largest absolute Gasteiger partial charge is 0.350 e. The van der Waals surface area contributed by atoms with Crippen molar-refractivity contribution in [3.8, 4) is 0 Å². The zero-order valence-corrected chi connectivity index (χ0v) is 16.5. The van der Waals surface area contributed by atoms with Gasteiger partial charge in [0.1, 0.15) is 6.04 Å². The minimum Gasteiger partial charge on any atom is -0.350 e. The molecular formula is C19H27N3O4S. The Balaban J connectivity index is 1.59. The lowest BCUT2D eigenvalue weighted by Gasteiger charge is -2.33. The summed E-state index contributed by atoms with van der Waals surface area (Å²) in [4.78, 5) is 27.1. The minimum atomic E-state index is -3.25. The number of hydrogen-bond acceptors (Lipinski definition) is 4. The van der Waals surface area contributed by atoms with Crippen molar-refractivity contribution >= 4 is 21.8 Å². The van der Waals surface area contributed by atoms with Crippen LogP contribution in [0.2, 0.25) is 0 Å². The Morgan fingerprint density at radius 1 is 1.11 bits per heavy atom. The molecule has 1 N–H and O–H groups in total. The first-order valence-corrected chi connectivity index (χ1v) is 11.3. The Bertz CT molecular complexity index is 781. The van der Waals surface area contributed by atoms with E-state index in [9.17, 15) is 18.0 Å². The maximum absolute atomic E-state index is 12.8. The highest BCUT2D eigenvalue weighted by Gasteiger charge is 2.35. The molecule has 2 atom stereocenters. The predicted molar refractivity (Wildman–Crippen MR) is 102 cm³/mol. The molecule has 8 heteroatoms. The summed E-state index contributed by atoms with van der Waals surface area (Å²) in [7, 11) is -3.25. The number of piperidine rings is 1. The van der Waals surface area contributed by atoms with Crippen molar-refractivity contribution in [1.82, 2.24) is 14.5 Å². The SMILES string of the molecule is CS(=O)(=O)N1CCCC(NC(=O)C2CCCN2C(=O)Cc2ccccc2)C1. The average molecular weight is 394 g/mol. The molecule has 148 valence electrons. The lowest BCUT2D eigenvalue weighted by Crippen LogP contribution is -2.54. The molecule has 1 aromatic carbocycles. The van der Waals surface area contributed by atoms with Crippen molar-refractivity contribution in [3.63, 3.8) is 0 Å². The van der Waals surface area contributed by atoms with Gasteiger partial charge in [0, 0.05) is 25.7 Å². The van der Waals surface area contributed by atoms with Crippen LogP contribution in [-0.2, 0) is 26.0 Å². The van der Waals surface area contributed by atoms with E-state index in [1.165, 1.54) is 10.6 Å². The van der Waals surface area contributed by atoms with E-state index >= 15 is 0 Å². The number of hydrogen-bond donors (Lipinski definition) is 1. The summed E-state index contributed by atoms with van der Waals surface area (Å²) in [6.07, 6.45) is 4.41. The molecule has 2 aliphatic heterocycles. The van der Waals surface area contributed by atoms with Gasteiger partial charge in [0.15, 0.2) is 0 Å². The molecule has 0 spiro atoms. The Hall–Kier alpha value is -1.93. The number of rotatable bonds is 5. The molecule has 2 fully saturated rings. The van der Waals surface area contributed by atoms with Gasteiger partial charge in [-0.3, -0.25) is 9.59 Å². The Morgan fingerprint density at radius 2 is 1.81 bits per heavy atom. The van der Waals surface area contributed by atoms with Gasteiger partial charge in [-0.15, -0.1) is 0 Å². The summed E-state index contributed by atoms with van der Waals surface area (Å²) in [5, 5.41) is 2.97. The van der Waals surface area contributed by atoms with Crippen LogP contribution in [0, 0.1) is 0 Å². The van der Waals surface area contributed by atoms with Crippen LogP contribution >= 0.6 is 0 Å². The van der Waals surface area contributed by atoms with Gasteiger partial charge in [0.25, 0.3) is 0 Å². The average Bonchev–Trinajstić information content (AvgIpc) is 3.12. The van der Waals surface area contributed by atoms with Crippen molar-refractivity contribution < 1.29 is 18.0 Å². The van der Waals surface area contributed by atoms with Crippen molar-refractivity contribution in [2.75, 3.05) is 25.9 Å². The number of nitrogens with one attached hydrogen (secondary N) is 1. The highest BCUT2D eigenvalue weighted by Crippen LogP contribution is 2.20. The first-order valence-electron chi connectivity index (χ1n) is 9.43. The molecular weight excluding hydrogens is 366 g/mol. The van der Waals surface area contributed by atoms with E-state index in [-0.39, 0.29) is 24.3 Å². The van der Waals surface area contributed by atoms with Crippen LogP contribution in [0.5, 0.6) is 0 Å². The molecule has 0 radical (unpaired) electrons. The van der Waals surface area contributed by atoms with Gasteiger partial charge >= 0.3 is 0 Å². The molecule has 27 heavy (non-hydrogen) atoms. The third kappa shape index (κ3) is 5.07. The predicted octanol–water partition coefficient (Wildman–Crippen LogP) is 0.760. The Kier molecular flexibility index (Phi) is 6.16. The third-order valence-corrected chi connectivity index (χ3v) is 6.54. The fourth-order valence-electron chi connectivity index (χ4n) is 3.87. The highest BCUT2D eigenvalue weighted by molar-refractivity contribution is 7.88. The fourth-order valence-corrected chi connectivity index (χ4v) is 4.78. The van der Waals surface area contributed by atoms with Gasteiger partial charge in [-0.2, -0.15) is 0 Å². The number of amides is 2. The molecule has 0 saturated carbocycles. The second kappa shape index (κ2) is 8.39. The molecule has 7 nitrogen and oxygen atoms in total. The first-order chi connectivity index (χ1) is 12.8. The van der Waals surface area contributed by atoms with Crippen molar-refractivity contribution in [2.24, 2.45) is 0 Å². The molecule has 2 heterocycles. The zero-order valence-electron chi connectivity index (χ0n) is 15.6. The summed E-state index contributed by atoms with van der Waals surface area (Å²) in [6, 6.07) is 8.85. The summed E-state index contributed by atoms with van der Waals surface area (Å²) in [5.41, 5.74) is 0.935. The second-order valence-electron chi connectivity index (χ2n) is 7.38. The molecule has 2 amide bonds. The van der Waals surface area contributed by atoms with Crippen LogP contribution < -0.4 is 5.32 Å². The molecule has 3 rings (SSSR count). The fraction of sp³-hybridized carbons (Fsp3) is 0.579. The van der Waals surface area contributed by atoms with E-state index in [0.29, 0.717) is 26.1 Å². The van der Waals surface area contributed by atoms with Crippen molar-refractivity contribution in [2.45, 2.75) is 44.2 Å². The smallest absolute Gasteiger partial charge is 0.243 e. The van der Waals surface area contributed by atoms with Crippen LogP contribution in [0.15, 0.2) is 30.3 Å². The summed E-state index contributed by atoms with van der Waals surface area (Å²) in [6.45, 7) is 1.38. The first kappa shape index (κ1) is 19.8. The number of benzene rings is 1. The Labute approximate surface area is 160 Å². The monoisotopic (exact) mass is 393 g/mol. The van der Waals surface area contributed by atoms with Crippen molar-refractivity contribution in [1.29, 1.82) is 0 Å². The van der Waals surface area contributed by atoms with Gasteiger partial charge in [0.05, 0.1) is 12.7 Å². The second-order valence-corrected chi connectivity index (χ2v) is 9.36. The van der Waals surface area contributed by atoms with E-state index in [4.69, 9.17) is 0 Å². The highest BCUT2D eigenvalue weighted by atomic mass is 32.2. The minimum absolute atomic E-state index is 0.0414. The number of likely N-dealkylation sites (tertiary alicyclic amines) is 1.